The van der Waals surface area contributed by atoms with E-state index in [1.54, 1.807) is 12.1 Å². The van der Waals surface area contributed by atoms with Gasteiger partial charge in [0.25, 0.3) is 5.91 Å². The molecule has 2 aromatic carbocycles. The Labute approximate surface area is 155 Å². The highest BCUT2D eigenvalue weighted by Gasteiger charge is 2.12. The van der Waals surface area contributed by atoms with Crippen LogP contribution in [0.15, 0.2) is 54.6 Å². The van der Waals surface area contributed by atoms with Gasteiger partial charge in [0.2, 0.25) is 5.91 Å². The molecule has 0 heterocycles. The molecule has 0 aliphatic heterocycles. The fourth-order valence-corrected chi connectivity index (χ4v) is 2.61. The lowest BCUT2D eigenvalue weighted by Gasteiger charge is -2.18. The number of nitrogens with one attached hydrogen (secondary N) is 3. The Balaban J connectivity index is 1.84. The fourth-order valence-electron chi connectivity index (χ4n) is 2.61. The Hall–Kier alpha value is -2.82. The van der Waals surface area contributed by atoms with Crippen LogP contribution >= 0.6 is 0 Å². The van der Waals surface area contributed by atoms with Crippen LogP contribution in [0.1, 0.15) is 48.7 Å². The average Bonchev–Trinajstić information content (AvgIpc) is 2.69. The fraction of sp³-hybridized carbons (Fsp3) is 0.333. The number of anilines is 1. The van der Waals surface area contributed by atoms with Crippen LogP contribution in [0.2, 0.25) is 0 Å². The molecular weight excluding hydrogens is 326 g/mol. The van der Waals surface area contributed by atoms with Gasteiger partial charge >= 0.3 is 0 Å². The summed E-state index contributed by atoms with van der Waals surface area (Å²) in [6.45, 7) is 4.91. The van der Waals surface area contributed by atoms with E-state index in [0.29, 0.717) is 12.1 Å². The Bertz CT molecular complexity index is 699. The first kappa shape index (κ1) is 19.5. The number of carbonyl (C=O) groups is 2. The minimum Gasteiger partial charge on any atom is -0.376 e. The lowest BCUT2D eigenvalue weighted by atomic mass is 10.0. The summed E-state index contributed by atoms with van der Waals surface area (Å²) in [5, 5.41) is 8.97. The van der Waals surface area contributed by atoms with Crippen molar-refractivity contribution in [1.29, 1.82) is 0 Å². The number of hydrogen-bond acceptors (Lipinski definition) is 3. The molecule has 0 saturated carbocycles. The van der Waals surface area contributed by atoms with Crippen LogP contribution in [-0.4, -0.2) is 24.9 Å². The lowest BCUT2D eigenvalue weighted by Crippen LogP contribution is -2.33. The highest BCUT2D eigenvalue weighted by Crippen LogP contribution is 2.15. The van der Waals surface area contributed by atoms with Gasteiger partial charge < -0.3 is 16.0 Å². The van der Waals surface area contributed by atoms with E-state index in [1.165, 1.54) is 0 Å². The molecule has 0 aliphatic rings. The second-order valence-electron chi connectivity index (χ2n) is 6.13. The molecule has 5 heteroatoms. The Morgan fingerprint density at radius 1 is 0.962 bits per heavy atom. The highest BCUT2D eigenvalue weighted by atomic mass is 16.2. The summed E-state index contributed by atoms with van der Waals surface area (Å²) in [7, 11) is 0. The van der Waals surface area contributed by atoms with E-state index < -0.39 is 0 Å². The summed E-state index contributed by atoms with van der Waals surface area (Å²) < 4.78 is 0. The van der Waals surface area contributed by atoms with Crippen LogP contribution in [0.4, 0.5) is 5.69 Å². The van der Waals surface area contributed by atoms with Crippen LogP contribution in [0.3, 0.4) is 0 Å². The number of benzene rings is 2. The van der Waals surface area contributed by atoms with Crippen molar-refractivity contribution in [3.05, 3.63) is 65.7 Å². The van der Waals surface area contributed by atoms with E-state index >= 15 is 0 Å². The predicted molar refractivity (Wildman–Crippen MR) is 105 cm³/mol. The summed E-state index contributed by atoms with van der Waals surface area (Å²) in [5.41, 5.74) is 2.52. The third-order valence-electron chi connectivity index (χ3n) is 4.08. The van der Waals surface area contributed by atoms with Crippen LogP contribution in [-0.2, 0) is 4.79 Å². The maximum atomic E-state index is 12.2. The zero-order valence-electron chi connectivity index (χ0n) is 15.4. The van der Waals surface area contributed by atoms with Crippen molar-refractivity contribution in [2.75, 3.05) is 18.4 Å². The second-order valence-corrected chi connectivity index (χ2v) is 6.13. The topological polar surface area (TPSA) is 70.2 Å². The average molecular weight is 353 g/mol. The molecule has 2 aromatic rings. The molecule has 0 spiro atoms. The van der Waals surface area contributed by atoms with Gasteiger partial charge in [0.15, 0.2) is 0 Å². The standard InChI is InChI=1S/C21H27N3O2/c1-3-14-22-21(26)17-10-12-18(13-11-17)23-15-20(25)24-19(4-2)16-8-6-5-7-9-16/h5-13,19,23H,3-4,14-15H2,1-2H3,(H,22,26)(H,24,25). The quantitative estimate of drug-likeness (QED) is 0.646. The molecule has 5 nitrogen and oxygen atoms in total. The zero-order valence-corrected chi connectivity index (χ0v) is 15.4. The van der Waals surface area contributed by atoms with E-state index in [0.717, 1.165) is 24.1 Å². The molecule has 2 amide bonds. The maximum Gasteiger partial charge on any atom is 0.251 e. The van der Waals surface area contributed by atoms with Gasteiger partial charge in [0.1, 0.15) is 0 Å². The van der Waals surface area contributed by atoms with Crippen LogP contribution in [0.5, 0.6) is 0 Å². The highest BCUT2D eigenvalue weighted by molar-refractivity contribution is 5.94. The van der Waals surface area contributed by atoms with Gasteiger partial charge in [0, 0.05) is 17.8 Å². The molecule has 0 aromatic heterocycles. The molecule has 0 radical (unpaired) electrons. The molecule has 0 saturated heterocycles. The van der Waals surface area contributed by atoms with Gasteiger partial charge in [-0.25, -0.2) is 0 Å². The molecule has 26 heavy (non-hydrogen) atoms. The second kappa shape index (κ2) is 10.2. The Morgan fingerprint density at radius 2 is 1.65 bits per heavy atom. The summed E-state index contributed by atoms with van der Waals surface area (Å²) >= 11 is 0. The molecule has 3 N–H and O–H groups in total. The molecule has 0 fully saturated rings. The number of amides is 2. The van der Waals surface area contributed by atoms with Crippen molar-refractivity contribution in [1.82, 2.24) is 10.6 Å². The van der Waals surface area contributed by atoms with Gasteiger partial charge in [-0.3, -0.25) is 9.59 Å². The smallest absolute Gasteiger partial charge is 0.251 e. The number of hydrogen-bond donors (Lipinski definition) is 3. The minimum atomic E-state index is -0.0789. The number of carbonyl (C=O) groups excluding carboxylic acids is 2. The third kappa shape index (κ3) is 5.92. The van der Waals surface area contributed by atoms with E-state index in [-0.39, 0.29) is 24.4 Å². The normalized spacial score (nSPS) is 11.5. The summed E-state index contributed by atoms with van der Waals surface area (Å²) in [6, 6.07) is 17.1. The molecule has 1 unspecified atom stereocenters. The number of rotatable bonds is 9. The molecule has 0 aliphatic carbocycles. The van der Waals surface area contributed by atoms with Gasteiger partial charge in [-0.2, -0.15) is 0 Å². The van der Waals surface area contributed by atoms with E-state index in [2.05, 4.69) is 16.0 Å². The third-order valence-corrected chi connectivity index (χ3v) is 4.08. The molecule has 1 atom stereocenters. The van der Waals surface area contributed by atoms with Crippen LogP contribution in [0.25, 0.3) is 0 Å². The monoisotopic (exact) mass is 353 g/mol. The first-order valence-corrected chi connectivity index (χ1v) is 9.10. The summed E-state index contributed by atoms with van der Waals surface area (Å²) in [6.07, 6.45) is 1.74. The van der Waals surface area contributed by atoms with E-state index in [9.17, 15) is 9.59 Å². The zero-order chi connectivity index (χ0) is 18.8. The van der Waals surface area contributed by atoms with E-state index in [4.69, 9.17) is 0 Å². The van der Waals surface area contributed by atoms with Crippen molar-refractivity contribution in [2.24, 2.45) is 0 Å². The van der Waals surface area contributed by atoms with Gasteiger partial charge in [-0.1, -0.05) is 44.2 Å². The SMILES string of the molecule is CCCNC(=O)c1ccc(NCC(=O)NC(CC)c2ccccc2)cc1. The largest absolute Gasteiger partial charge is 0.376 e. The van der Waals surface area contributed by atoms with Crippen molar-refractivity contribution >= 4 is 17.5 Å². The summed E-state index contributed by atoms with van der Waals surface area (Å²) in [5.74, 6) is -0.143. The van der Waals surface area contributed by atoms with Crippen molar-refractivity contribution in [3.8, 4) is 0 Å². The van der Waals surface area contributed by atoms with Crippen LogP contribution in [0, 0.1) is 0 Å². The maximum absolute atomic E-state index is 12.2. The molecule has 0 bridgehead atoms. The Kier molecular flexibility index (Phi) is 7.68. The van der Waals surface area contributed by atoms with Crippen molar-refractivity contribution in [3.63, 3.8) is 0 Å². The minimum absolute atomic E-state index is 0.00939. The molecular formula is C21H27N3O2. The lowest BCUT2D eigenvalue weighted by molar-refractivity contribution is -0.120. The van der Waals surface area contributed by atoms with Gasteiger partial charge in [-0.05, 0) is 42.7 Å². The van der Waals surface area contributed by atoms with Crippen LogP contribution < -0.4 is 16.0 Å². The summed E-state index contributed by atoms with van der Waals surface area (Å²) in [4.78, 5) is 24.1. The predicted octanol–water partition coefficient (Wildman–Crippen LogP) is 3.51. The Morgan fingerprint density at radius 3 is 2.27 bits per heavy atom. The van der Waals surface area contributed by atoms with Gasteiger partial charge in [-0.15, -0.1) is 0 Å². The van der Waals surface area contributed by atoms with E-state index in [1.807, 2.05) is 56.3 Å². The first-order chi connectivity index (χ1) is 12.6. The molecule has 138 valence electrons. The van der Waals surface area contributed by atoms with Gasteiger partial charge in [0.05, 0.1) is 12.6 Å². The van der Waals surface area contributed by atoms with Crippen molar-refractivity contribution in [2.45, 2.75) is 32.7 Å². The first-order valence-electron chi connectivity index (χ1n) is 9.10. The molecule has 2 rings (SSSR count). The van der Waals surface area contributed by atoms with Crippen molar-refractivity contribution < 1.29 is 9.59 Å².